The normalized spacial score (nSPS) is 20.6. The van der Waals surface area contributed by atoms with Crippen LogP contribution in [-0.2, 0) is 19.4 Å². The number of piperazine rings is 1. The maximum absolute atomic E-state index is 12.6. The molecule has 1 fully saturated rings. The predicted molar refractivity (Wildman–Crippen MR) is 106 cm³/mol. The number of carbonyl (C=O) groups excluding carboxylic acids is 2. The van der Waals surface area contributed by atoms with Crippen molar-refractivity contribution in [1.29, 1.82) is 0 Å². The Morgan fingerprint density at radius 3 is 2.50 bits per heavy atom. The molecule has 2 aliphatic heterocycles. The van der Waals surface area contributed by atoms with Crippen LogP contribution in [0.3, 0.4) is 0 Å². The lowest BCUT2D eigenvalue weighted by Gasteiger charge is -2.36. The van der Waals surface area contributed by atoms with E-state index in [-0.39, 0.29) is 24.0 Å². The molecule has 1 aromatic rings. The predicted octanol–water partition coefficient (Wildman–Crippen LogP) is 0.379. The Labute approximate surface area is 166 Å². The number of fused-ring (bicyclic) bond motifs is 1. The van der Waals surface area contributed by atoms with E-state index >= 15 is 0 Å². The number of hydrogen-bond acceptors (Lipinski definition) is 6. The number of hydrogen-bond donors (Lipinski definition) is 0. The molecule has 9 heteroatoms. The number of anilines is 1. The molecular formula is C19H27N3O5S. The molecule has 2 aliphatic rings. The van der Waals surface area contributed by atoms with Gasteiger partial charge in [0.25, 0.3) is 5.91 Å². The highest BCUT2D eigenvalue weighted by atomic mass is 32.2. The lowest BCUT2D eigenvalue weighted by atomic mass is 10.1. The topological polar surface area (TPSA) is 87.2 Å². The zero-order chi connectivity index (χ0) is 20.3. The van der Waals surface area contributed by atoms with Crippen molar-refractivity contribution in [2.45, 2.75) is 19.4 Å². The lowest BCUT2D eigenvalue weighted by Crippen LogP contribution is -2.51. The maximum atomic E-state index is 12.6. The Morgan fingerprint density at radius 1 is 1.14 bits per heavy atom. The first-order valence-corrected chi connectivity index (χ1v) is 11.6. The molecule has 3 rings (SSSR count). The summed E-state index contributed by atoms with van der Waals surface area (Å²) in [6.45, 7) is 5.01. The van der Waals surface area contributed by atoms with E-state index in [1.807, 2.05) is 24.3 Å². The van der Waals surface area contributed by atoms with Crippen LogP contribution in [0.5, 0.6) is 5.75 Å². The van der Waals surface area contributed by atoms with Gasteiger partial charge in [-0.1, -0.05) is 12.1 Å². The van der Waals surface area contributed by atoms with E-state index in [0.29, 0.717) is 50.7 Å². The van der Waals surface area contributed by atoms with Gasteiger partial charge in [0, 0.05) is 51.9 Å². The molecule has 0 saturated carbocycles. The molecule has 0 aromatic heterocycles. The highest BCUT2D eigenvalue weighted by Gasteiger charge is 2.32. The van der Waals surface area contributed by atoms with Crippen LogP contribution in [0.4, 0.5) is 5.69 Å². The first-order valence-electron chi connectivity index (χ1n) is 9.49. The number of amides is 2. The molecule has 154 valence electrons. The van der Waals surface area contributed by atoms with Crippen molar-refractivity contribution in [2.75, 3.05) is 56.2 Å². The Kier molecular flexibility index (Phi) is 6.24. The number of carbonyl (C=O) groups is 2. The summed E-state index contributed by atoms with van der Waals surface area (Å²) < 4.78 is 28.2. The second-order valence-electron chi connectivity index (χ2n) is 7.32. The van der Waals surface area contributed by atoms with Crippen LogP contribution in [0.15, 0.2) is 24.3 Å². The molecule has 0 spiro atoms. The Morgan fingerprint density at radius 2 is 1.82 bits per heavy atom. The average Bonchev–Trinajstić information content (AvgIpc) is 2.66. The minimum Gasteiger partial charge on any atom is -0.479 e. The number of sulfone groups is 1. The molecule has 0 radical (unpaired) electrons. The molecule has 0 N–H and O–H groups in total. The smallest absolute Gasteiger partial charge is 0.267 e. The van der Waals surface area contributed by atoms with Crippen molar-refractivity contribution in [3.8, 4) is 5.75 Å². The quantitative estimate of drug-likeness (QED) is 0.675. The summed E-state index contributed by atoms with van der Waals surface area (Å²) in [5.41, 5.74) is 0.698. The number of para-hydroxylation sites is 2. The van der Waals surface area contributed by atoms with Gasteiger partial charge in [-0.15, -0.1) is 0 Å². The molecular weight excluding hydrogens is 382 g/mol. The van der Waals surface area contributed by atoms with Gasteiger partial charge in [-0.2, -0.15) is 0 Å². The highest BCUT2D eigenvalue weighted by Crippen LogP contribution is 2.33. The maximum Gasteiger partial charge on any atom is 0.267 e. The van der Waals surface area contributed by atoms with E-state index < -0.39 is 15.9 Å². The van der Waals surface area contributed by atoms with Gasteiger partial charge >= 0.3 is 0 Å². The fraction of sp³-hybridized carbons (Fsp3) is 0.579. The van der Waals surface area contributed by atoms with Crippen LogP contribution in [0.2, 0.25) is 0 Å². The number of ether oxygens (including phenoxy) is 1. The van der Waals surface area contributed by atoms with Gasteiger partial charge in [-0.3, -0.25) is 14.5 Å². The summed E-state index contributed by atoms with van der Waals surface area (Å²) in [4.78, 5) is 30.6. The summed E-state index contributed by atoms with van der Waals surface area (Å²) in [7, 11) is -2.98. The van der Waals surface area contributed by atoms with Gasteiger partial charge in [0.15, 0.2) is 6.10 Å². The molecule has 1 aromatic carbocycles. The minimum atomic E-state index is -2.98. The lowest BCUT2D eigenvalue weighted by molar-refractivity contribution is -0.132. The molecule has 1 atom stereocenters. The molecule has 1 unspecified atom stereocenters. The fourth-order valence-electron chi connectivity index (χ4n) is 3.47. The SMILES string of the molecule is CC1Oc2ccccc2N(CCC(=O)N2CCN(CCS(C)(=O)=O)CC2)C1=O. The van der Waals surface area contributed by atoms with Crippen molar-refractivity contribution in [2.24, 2.45) is 0 Å². The second kappa shape index (κ2) is 8.48. The van der Waals surface area contributed by atoms with E-state index in [9.17, 15) is 18.0 Å². The molecule has 0 bridgehead atoms. The van der Waals surface area contributed by atoms with Crippen LogP contribution in [-0.4, -0.2) is 87.4 Å². The van der Waals surface area contributed by atoms with Crippen molar-refractivity contribution in [3.63, 3.8) is 0 Å². The Bertz CT molecular complexity index is 834. The minimum absolute atomic E-state index is 0.00666. The van der Waals surface area contributed by atoms with Gasteiger partial charge in [0.2, 0.25) is 5.91 Å². The molecule has 8 nitrogen and oxygen atoms in total. The van der Waals surface area contributed by atoms with E-state index in [0.717, 1.165) is 0 Å². The number of benzene rings is 1. The summed E-state index contributed by atoms with van der Waals surface area (Å²) in [5.74, 6) is 0.656. The molecule has 2 heterocycles. The zero-order valence-corrected chi connectivity index (χ0v) is 17.2. The summed E-state index contributed by atoms with van der Waals surface area (Å²) in [6.07, 6.45) is 0.915. The van der Waals surface area contributed by atoms with E-state index in [2.05, 4.69) is 4.90 Å². The van der Waals surface area contributed by atoms with Gasteiger partial charge in [-0.25, -0.2) is 8.42 Å². The first kappa shape index (κ1) is 20.6. The van der Waals surface area contributed by atoms with Crippen molar-refractivity contribution in [1.82, 2.24) is 9.80 Å². The van der Waals surface area contributed by atoms with Crippen molar-refractivity contribution < 1.29 is 22.7 Å². The second-order valence-corrected chi connectivity index (χ2v) is 9.58. The van der Waals surface area contributed by atoms with Crippen LogP contribution in [0.25, 0.3) is 0 Å². The van der Waals surface area contributed by atoms with Crippen LogP contribution < -0.4 is 9.64 Å². The number of nitrogens with zero attached hydrogens (tertiary/aromatic N) is 3. The molecule has 2 amide bonds. The summed E-state index contributed by atoms with van der Waals surface area (Å²) >= 11 is 0. The van der Waals surface area contributed by atoms with E-state index in [4.69, 9.17) is 4.74 Å². The average molecular weight is 410 g/mol. The largest absolute Gasteiger partial charge is 0.479 e. The number of rotatable bonds is 6. The highest BCUT2D eigenvalue weighted by molar-refractivity contribution is 7.90. The third-order valence-electron chi connectivity index (χ3n) is 5.13. The van der Waals surface area contributed by atoms with Gasteiger partial charge in [0.05, 0.1) is 11.4 Å². The van der Waals surface area contributed by atoms with Crippen molar-refractivity contribution >= 4 is 27.3 Å². The first-order chi connectivity index (χ1) is 13.2. The fourth-order valence-corrected chi connectivity index (χ4v) is 4.06. The molecule has 28 heavy (non-hydrogen) atoms. The summed E-state index contributed by atoms with van der Waals surface area (Å²) in [6, 6.07) is 7.34. The Hall–Kier alpha value is -2.13. The third kappa shape index (κ3) is 5.02. The molecule has 1 saturated heterocycles. The van der Waals surface area contributed by atoms with Crippen LogP contribution >= 0.6 is 0 Å². The third-order valence-corrected chi connectivity index (χ3v) is 6.05. The van der Waals surface area contributed by atoms with Crippen molar-refractivity contribution in [3.05, 3.63) is 24.3 Å². The van der Waals surface area contributed by atoms with Crippen LogP contribution in [0.1, 0.15) is 13.3 Å². The molecule has 0 aliphatic carbocycles. The van der Waals surface area contributed by atoms with Gasteiger partial charge in [-0.05, 0) is 19.1 Å². The van der Waals surface area contributed by atoms with E-state index in [1.54, 1.807) is 16.7 Å². The van der Waals surface area contributed by atoms with Gasteiger partial charge < -0.3 is 14.5 Å². The van der Waals surface area contributed by atoms with Crippen LogP contribution in [0, 0.1) is 0 Å². The standard InChI is InChI=1S/C19H27N3O5S/c1-15-19(24)22(16-5-3-4-6-17(16)27-15)8-7-18(23)21-11-9-20(10-12-21)13-14-28(2,25)26/h3-6,15H,7-14H2,1-2H3. The monoisotopic (exact) mass is 409 g/mol. The van der Waals surface area contributed by atoms with Gasteiger partial charge in [0.1, 0.15) is 15.6 Å². The van der Waals surface area contributed by atoms with E-state index in [1.165, 1.54) is 6.26 Å². The Balaban J connectivity index is 1.52. The summed E-state index contributed by atoms with van der Waals surface area (Å²) in [5, 5.41) is 0. The zero-order valence-electron chi connectivity index (χ0n) is 16.3.